The maximum Gasteiger partial charge on any atom is 0.292 e. The van der Waals surface area contributed by atoms with Gasteiger partial charge in [0.05, 0.1) is 6.20 Å². The first-order valence-electron chi connectivity index (χ1n) is 10.3. The van der Waals surface area contributed by atoms with Gasteiger partial charge in [-0.1, -0.05) is 36.4 Å². The van der Waals surface area contributed by atoms with Gasteiger partial charge in [0.1, 0.15) is 22.9 Å². The molecule has 5 N–H and O–H groups in total. The Morgan fingerprint density at radius 2 is 1.85 bits per heavy atom. The van der Waals surface area contributed by atoms with Gasteiger partial charge in [0.15, 0.2) is 5.58 Å². The summed E-state index contributed by atoms with van der Waals surface area (Å²) in [6.45, 7) is 0. The summed E-state index contributed by atoms with van der Waals surface area (Å²) in [6, 6.07) is 17.9. The van der Waals surface area contributed by atoms with E-state index >= 15 is 0 Å². The zero-order valence-electron chi connectivity index (χ0n) is 17.4. The number of primary amides is 1. The molecule has 0 aliphatic heterocycles. The second kappa shape index (κ2) is 8.12. The molecule has 1 unspecified atom stereocenters. The Labute approximate surface area is 188 Å². The van der Waals surface area contributed by atoms with Gasteiger partial charge in [-0.3, -0.25) is 14.0 Å². The Morgan fingerprint density at radius 3 is 2.64 bits per heavy atom. The molecule has 9 nitrogen and oxygen atoms in total. The van der Waals surface area contributed by atoms with Crippen LogP contribution in [0.3, 0.4) is 0 Å². The first-order valence-corrected chi connectivity index (χ1v) is 10.3. The summed E-state index contributed by atoms with van der Waals surface area (Å²) < 4.78 is 7.00. The van der Waals surface area contributed by atoms with Crippen molar-refractivity contribution in [2.75, 3.05) is 5.73 Å². The fourth-order valence-electron chi connectivity index (χ4n) is 3.75. The lowest BCUT2D eigenvalue weighted by Crippen LogP contribution is -2.46. The number of hydrogen-bond acceptors (Lipinski definition) is 6. The van der Waals surface area contributed by atoms with Crippen molar-refractivity contribution in [2.45, 2.75) is 12.5 Å². The Morgan fingerprint density at radius 1 is 1.06 bits per heavy atom. The van der Waals surface area contributed by atoms with E-state index in [9.17, 15) is 9.59 Å². The molecule has 33 heavy (non-hydrogen) atoms. The Balaban J connectivity index is 1.45. The van der Waals surface area contributed by atoms with Gasteiger partial charge in [-0.05, 0) is 41.0 Å². The summed E-state index contributed by atoms with van der Waals surface area (Å²) in [5.74, 6) is -1.05. The fraction of sp³-hybridized carbons (Fsp3) is 0.0833. The van der Waals surface area contributed by atoms with Crippen LogP contribution in [0.1, 0.15) is 16.1 Å². The number of nitrogen functional groups attached to an aromatic ring is 1. The molecule has 0 fully saturated rings. The molecular formula is C24H20N6O3. The zero-order valence-corrected chi connectivity index (χ0v) is 17.4. The second-order valence-electron chi connectivity index (χ2n) is 7.64. The minimum absolute atomic E-state index is 0.102. The second-order valence-corrected chi connectivity index (χ2v) is 7.64. The largest absolute Gasteiger partial charge is 0.424 e. The molecule has 2 amide bonds. The summed E-state index contributed by atoms with van der Waals surface area (Å²) in [5.41, 5.74) is 15.9. The molecule has 0 saturated heterocycles. The van der Waals surface area contributed by atoms with E-state index in [4.69, 9.17) is 15.9 Å². The highest BCUT2D eigenvalue weighted by Gasteiger charge is 2.21. The number of carbonyl (C=O) groups excluding carboxylic acids is 2. The number of anilines is 1. The van der Waals surface area contributed by atoms with Crippen molar-refractivity contribution in [3.05, 3.63) is 84.3 Å². The number of rotatable bonds is 6. The summed E-state index contributed by atoms with van der Waals surface area (Å²) in [5, 5.41) is 2.74. The lowest BCUT2D eigenvalue weighted by Gasteiger charge is -2.15. The highest BCUT2D eigenvalue weighted by atomic mass is 16.4. The molecule has 0 spiro atoms. The van der Waals surface area contributed by atoms with Gasteiger partial charge in [0.2, 0.25) is 5.91 Å². The normalized spacial score (nSPS) is 12.1. The number of hydrogen-bond donors (Lipinski definition) is 3. The molecule has 3 heterocycles. The summed E-state index contributed by atoms with van der Waals surface area (Å²) in [4.78, 5) is 33.5. The Hall–Kier alpha value is -4.66. The Kier molecular flexibility index (Phi) is 4.98. The van der Waals surface area contributed by atoms with Crippen molar-refractivity contribution in [3.8, 4) is 11.1 Å². The lowest BCUT2D eigenvalue weighted by molar-refractivity contribution is -0.119. The molecule has 3 aromatic heterocycles. The van der Waals surface area contributed by atoms with E-state index in [1.54, 1.807) is 16.7 Å². The van der Waals surface area contributed by atoms with Crippen LogP contribution in [0.2, 0.25) is 0 Å². The van der Waals surface area contributed by atoms with Gasteiger partial charge in [-0.15, -0.1) is 0 Å². The van der Waals surface area contributed by atoms with Crippen molar-refractivity contribution in [1.29, 1.82) is 0 Å². The van der Waals surface area contributed by atoms with E-state index in [-0.39, 0.29) is 11.7 Å². The summed E-state index contributed by atoms with van der Waals surface area (Å²) in [6.07, 6.45) is 3.57. The number of fused-ring (bicyclic) bond motifs is 2. The summed E-state index contributed by atoms with van der Waals surface area (Å²) in [7, 11) is 0. The molecule has 0 radical (unpaired) electrons. The van der Waals surface area contributed by atoms with Crippen molar-refractivity contribution in [2.24, 2.45) is 5.73 Å². The molecule has 164 valence electrons. The van der Waals surface area contributed by atoms with Crippen LogP contribution in [0.4, 0.5) is 6.01 Å². The number of aromatic nitrogens is 3. The number of amides is 2. The Bertz CT molecular complexity index is 1490. The number of oxazole rings is 1. The first-order chi connectivity index (χ1) is 16.0. The van der Waals surface area contributed by atoms with Crippen LogP contribution in [0.15, 0.2) is 77.5 Å². The molecule has 0 aliphatic rings. The number of pyridine rings is 1. The number of nitrogens with one attached hydrogen (secondary N) is 1. The van der Waals surface area contributed by atoms with Gasteiger partial charge in [0.25, 0.3) is 11.9 Å². The van der Waals surface area contributed by atoms with E-state index in [0.717, 1.165) is 16.7 Å². The predicted molar refractivity (Wildman–Crippen MR) is 123 cm³/mol. The van der Waals surface area contributed by atoms with Crippen molar-refractivity contribution < 1.29 is 14.0 Å². The topological polar surface area (TPSA) is 142 Å². The maximum atomic E-state index is 13.0. The average molecular weight is 440 g/mol. The van der Waals surface area contributed by atoms with Crippen molar-refractivity contribution in [1.82, 2.24) is 19.7 Å². The maximum absolute atomic E-state index is 13.0. The molecule has 9 heteroatoms. The zero-order chi connectivity index (χ0) is 22.9. The molecule has 0 aliphatic carbocycles. The van der Waals surface area contributed by atoms with Gasteiger partial charge < -0.3 is 21.2 Å². The monoisotopic (exact) mass is 440 g/mol. The van der Waals surface area contributed by atoms with Crippen molar-refractivity contribution >= 4 is 34.6 Å². The number of nitrogens with zero attached hydrogens (tertiary/aromatic N) is 3. The molecule has 1 atom stereocenters. The standard InChI is InChI=1S/C24H20N6O3/c25-22(31)18(10-14-4-2-1-3-5-14)28-23(32)19-12-27-21-9-7-16(13-30(19)21)15-6-8-20-17(11-15)29-24(26)33-20/h1-9,11-13,18H,10H2,(H2,25,31)(H2,26,29)(H,28,32). The molecule has 2 aromatic carbocycles. The smallest absolute Gasteiger partial charge is 0.292 e. The van der Waals surface area contributed by atoms with Crippen LogP contribution in [-0.2, 0) is 11.2 Å². The average Bonchev–Trinajstić information content (AvgIpc) is 3.40. The molecule has 5 rings (SSSR count). The predicted octanol–water partition coefficient (Wildman–Crippen LogP) is 2.55. The van der Waals surface area contributed by atoms with Crippen LogP contribution in [-0.4, -0.2) is 32.2 Å². The van der Waals surface area contributed by atoms with E-state index in [2.05, 4.69) is 15.3 Å². The van der Waals surface area contributed by atoms with Crippen LogP contribution < -0.4 is 16.8 Å². The van der Waals surface area contributed by atoms with Crippen molar-refractivity contribution in [3.63, 3.8) is 0 Å². The number of carbonyl (C=O) groups is 2. The van der Waals surface area contributed by atoms with Crippen LogP contribution in [0.5, 0.6) is 0 Å². The SMILES string of the molecule is NC(=O)C(Cc1ccccc1)NC(=O)c1cnc2ccc(-c3ccc4oc(N)nc4c3)cn12. The quantitative estimate of drug-likeness (QED) is 0.370. The van der Waals surface area contributed by atoms with Crippen LogP contribution >= 0.6 is 0 Å². The number of imidazole rings is 1. The van der Waals surface area contributed by atoms with E-state index < -0.39 is 17.9 Å². The minimum atomic E-state index is -0.853. The summed E-state index contributed by atoms with van der Waals surface area (Å²) >= 11 is 0. The number of benzene rings is 2. The van der Waals surface area contributed by atoms with Gasteiger partial charge in [-0.25, -0.2) is 4.98 Å². The molecule has 0 saturated carbocycles. The third-order valence-corrected chi connectivity index (χ3v) is 5.41. The minimum Gasteiger partial charge on any atom is -0.424 e. The van der Waals surface area contributed by atoms with E-state index in [1.807, 2.05) is 54.6 Å². The number of nitrogens with two attached hydrogens (primary N) is 2. The first kappa shape index (κ1) is 20.3. The van der Waals surface area contributed by atoms with Gasteiger partial charge in [-0.2, -0.15) is 4.98 Å². The lowest BCUT2D eigenvalue weighted by atomic mass is 10.1. The van der Waals surface area contributed by atoms with E-state index in [1.165, 1.54) is 6.20 Å². The van der Waals surface area contributed by atoms with E-state index in [0.29, 0.717) is 23.2 Å². The third-order valence-electron chi connectivity index (χ3n) is 5.41. The molecule has 5 aromatic rings. The van der Waals surface area contributed by atoms with Gasteiger partial charge >= 0.3 is 0 Å². The third kappa shape index (κ3) is 3.99. The fourth-order valence-corrected chi connectivity index (χ4v) is 3.75. The van der Waals surface area contributed by atoms with Crippen LogP contribution in [0.25, 0.3) is 27.9 Å². The highest BCUT2D eigenvalue weighted by molar-refractivity contribution is 5.96. The van der Waals surface area contributed by atoms with Crippen LogP contribution in [0, 0.1) is 0 Å². The highest BCUT2D eigenvalue weighted by Crippen LogP contribution is 2.26. The molecule has 0 bridgehead atoms. The van der Waals surface area contributed by atoms with Gasteiger partial charge in [0, 0.05) is 12.6 Å². The molecular weight excluding hydrogens is 420 g/mol.